The molecule has 1 amide bonds. The van der Waals surface area contributed by atoms with E-state index < -0.39 is 5.97 Å². The van der Waals surface area contributed by atoms with E-state index in [0.717, 1.165) is 37.1 Å². The van der Waals surface area contributed by atoms with Crippen molar-refractivity contribution >= 4 is 17.6 Å². The molecule has 0 radical (unpaired) electrons. The number of nitrogens with one attached hydrogen (secondary N) is 2. The van der Waals surface area contributed by atoms with E-state index in [9.17, 15) is 14.7 Å². The SMILES string of the molecule is O=C(O)c1cc(NC(=O)c2ccc3c(c2)OCO3)cc(-c2ccc(C3CCNCC3)cc2)c1. The predicted molar refractivity (Wildman–Crippen MR) is 124 cm³/mol. The molecule has 2 heterocycles. The molecule has 33 heavy (non-hydrogen) atoms. The minimum Gasteiger partial charge on any atom is -0.478 e. The van der Waals surface area contributed by atoms with Gasteiger partial charge >= 0.3 is 5.97 Å². The molecule has 3 aromatic carbocycles. The molecule has 7 nitrogen and oxygen atoms in total. The average Bonchev–Trinajstić information content (AvgIpc) is 3.32. The Hall–Kier alpha value is -3.84. The number of piperidine rings is 1. The number of ether oxygens (including phenoxy) is 2. The van der Waals surface area contributed by atoms with Crippen molar-refractivity contribution in [1.29, 1.82) is 0 Å². The van der Waals surface area contributed by atoms with E-state index in [4.69, 9.17) is 9.47 Å². The van der Waals surface area contributed by atoms with Crippen LogP contribution in [0.2, 0.25) is 0 Å². The molecule has 2 aliphatic heterocycles. The first kappa shape index (κ1) is 21.0. The zero-order chi connectivity index (χ0) is 22.8. The summed E-state index contributed by atoms with van der Waals surface area (Å²) in [6.45, 7) is 2.18. The molecule has 0 saturated carbocycles. The molecule has 1 saturated heterocycles. The molecule has 7 heteroatoms. The summed E-state index contributed by atoms with van der Waals surface area (Å²) in [5.74, 6) is 0.234. The first-order valence-corrected chi connectivity index (χ1v) is 11.0. The maximum absolute atomic E-state index is 12.8. The molecule has 0 spiro atoms. The first-order chi connectivity index (χ1) is 16.1. The summed E-state index contributed by atoms with van der Waals surface area (Å²) >= 11 is 0. The molecule has 0 aliphatic carbocycles. The summed E-state index contributed by atoms with van der Waals surface area (Å²) in [6, 6.07) is 18.1. The highest BCUT2D eigenvalue weighted by Crippen LogP contribution is 2.33. The van der Waals surface area contributed by atoms with Gasteiger partial charge in [-0.15, -0.1) is 0 Å². The number of benzene rings is 3. The molecule has 0 atom stereocenters. The van der Waals surface area contributed by atoms with Crippen LogP contribution in [0.4, 0.5) is 5.69 Å². The Morgan fingerprint density at radius 3 is 2.36 bits per heavy atom. The van der Waals surface area contributed by atoms with Crippen molar-refractivity contribution in [2.45, 2.75) is 18.8 Å². The number of anilines is 1. The standard InChI is InChI=1S/C26H24N2O5/c29-25(19-5-6-23-24(14-19)33-15-32-23)28-22-12-20(11-21(13-22)26(30)31)17-3-1-16(2-4-17)18-7-9-27-10-8-18/h1-6,11-14,18,27H,7-10,15H2,(H,28,29)(H,30,31). The fraction of sp³-hybridized carbons (Fsp3) is 0.231. The fourth-order valence-corrected chi connectivity index (χ4v) is 4.33. The van der Waals surface area contributed by atoms with Crippen LogP contribution in [0, 0.1) is 0 Å². The van der Waals surface area contributed by atoms with Crippen LogP contribution < -0.4 is 20.1 Å². The second-order valence-corrected chi connectivity index (χ2v) is 8.27. The summed E-state index contributed by atoms with van der Waals surface area (Å²) in [7, 11) is 0. The molecule has 5 rings (SSSR count). The van der Waals surface area contributed by atoms with Crippen LogP contribution >= 0.6 is 0 Å². The van der Waals surface area contributed by atoms with Gasteiger partial charge in [0.2, 0.25) is 6.79 Å². The summed E-state index contributed by atoms with van der Waals surface area (Å²) in [4.78, 5) is 24.5. The van der Waals surface area contributed by atoms with E-state index in [-0.39, 0.29) is 18.3 Å². The maximum atomic E-state index is 12.8. The van der Waals surface area contributed by atoms with E-state index in [1.807, 2.05) is 12.1 Å². The van der Waals surface area contributed by atoms with Gasteiger partial charge in [0.15, 0.2) is 11.5 Å². The molecule has 0 unspecified atom stereocenters. The topological polar surface area (TPSA) is 96.9 Å². The maximum Gasteiger partial charge on any atom is 0.335 e. The number of rotatable bonds is 5. The summed E-state index contributed by atoms with van der Waals surface area (Å²) in [6.07, 6.45) is 2.23. The Kier molecular flexibility index (Phi) is 5.71. The molecule has 3 N–H and O–H groups in total. The van der Waals surface area contributed by atoms with Gasteiger partial charge < -0.3 is 25.2 Å². The van der Waals surface area contributed by atoms with Gasteiger partial charge in [-0.3, -0.25) is 4.79 Å². The van der Waals surface area contributed by atoms with Crippen LogP contribution in [-0.4, -0.2) is 36.9 Å². The lowest BCUT2D eigenvalue weighted by atomic mass is 9.89. The number of hydrogen-bond donors (Lipinski definition) is 3. The number of aromatic carboxylic acids is 1. The summed E-state index contributed by atoms with van der Waals surface area (Å²) < 4.78 is 10.6. The lowest BCUT2D eigenvalue weighted by molar-refractivity contribution is 0.0696. The van der Waals surface area contributed by atoms with E-state index in [1.165, 1.54) is 11.6 Å². The van der Waals surface area contributed by atoms with Gasteiger partial charge in [-0.25, -0.2) is 4.79 Å². The second kappa shape index (κ2) is 8.96. The average molecular weight is 444 g/mol. The highest BCUT2D eigenvalue weighted by Gasteiger charge is 2.18. The number of fused-ring (bicyclic) bond motifs is 1. The van der Waals surface area contributed by atoms with Crippen molar-refractivity contribution in [2.75, 3.05) is 25.2 Å². The summed E-state index contributed by atoms with van der Waals surface area (Å²) in [5, 5.41) is 15.8. The van der Waals surface area contributed by atoms with Gasteiger partial charge in [0.05, 0.1) is 5.56 Å². The number of carbonyl (C=O) groups excluding carboxylic acids is 1. The van der Waals surface area contributed by atoms with Crippen LogP contribution in [0.3, 0.4) is 0 Å². The second-order valence-electron chi connectivity index (χ2n) is 8.27. The highest BCUT2D eigenvalue weighted by molar-refractivity contribution is 6.05. The highest BCUT2D eigenvalue weighted by atomic mass is 16.7. The third-order valence-electron chi connectivity index (χ3n) is 6.13. The molecular weight excluding hydrogens is 420 g/mol. The zero-order valence-corrected chi connectivity index (χ0v) is 18.0. The van der Waals surface area contributed by atoms with Crippen LogP contribution in [0.15, 0.2) is 60.7 Å². The minimum atomic E-state index is -1.05. The predicted octanol–water partition coefficient (Wildman–Crippen LogP) is 4.50. The minimum absolute atomic E-state index is 0.107. The molecule has 168 valence electrons. The van der Waals surface area contributed by atoms with Crippen LogP contribution in [0.1, 0.15) is 45.0 Å². The van der Waals surface area contributed by atoms with Crippen LogP contribution in [0.5, 0.6) is 11.5 Å². The number of carboxylic acids is 1. The van der Waals surface area contributed by atoms with Gasteiger partial charge in [-0.1, -0.05) is 24.3 Å². The Morgan fingerprint density at radius 2 is 1.61 bits per heavy atom. The smallest absolute Gasteiger partial charge is 0.335 e. The van der Waals surface area contributed by atoms with Gasteiger partial charge in [-0.2, -0.15) is 0 Å². The Bertz CT molecular complexity index is 1200. The summed E-state index contributed by atoms with van der Waals surface area (Å²) in [5.41, 5.74) is 3.84. The Balaban J connectivity index is 1.40. The van der Waals surface area contributed by atoms with Gasteiger partial charge in [0, 0.05) is 11.3 Å². The first-order valence-electron chi connectivity index (χ1n) is 11.0. The van der Waals surface area contributed by atoms with Gasteiger partial charge in [-0.05, 0) is 84.9 Å². The van der Waals surface area contributed by atoms with Crippen LogP contribution in [0.25, 0.3) is 11.1 Å². The van der Waals surface area contributed by atoms with E-state index in [0.29, 0.717) is 28.7 Å². The largest absolute Gasteiger partial charge is 0.478 e. The van der Waals surface area contributed by atoms with Crippen molar-refractivity contribution in [1.82, 2.24) is 5.32 Å². The van der Waals surface area contributed by atoms with E-state index in [1.54, 1.807) is 30.3 Å². The van der Waals surface area contributed by atoms with Gasteiger partial charge in [0.1, 0.15) is 0 Å². The van der Waals surface area contributed by atoms with Crippen LogP contribution in [-0.2, 0) is 0 Å². The van der Waals surface area contributed by atoms with Crippen molar-refractivity contribution in [3.8, 4) is 22.6 Å². The molecule has 0 bridgehead atoms. The lowest BCUT2D eigenvalue weighted by Crippen LogP contribution is -2.26. The van der Waals surface area contributed by atoms with Crippen molar-refractivity contribution in [2.24, 2.45) is 0 Å². The van der Waals surface area contributed by atoms with Crippen molar-refractivity contribution in [3.05, 3.63) is 77.4 Å². The molecule has 2 aliphatic rings. The number of carboxylic acid groups (broad SMARTS) is 1. The third-order valence-corrected chi connectivity index (χ3v) is 6.13. The monoisotopic (exact) mass is 444 g/mol. The Labute approximate surface area is 191 Å². The lowest BCUT2D eigenvalue weighted by Gasteiger charge is -2.23. The quantitative estimate of drug-likeness (QED) is 0.536. The molecule has 3 aromatic rings. The molecule has 0 aromatic heterocycles. The van der Waals surface area contributed by atoms with Gasteiger partial charge in [0.25, 0.3) is 5.91 Å². The third kappa shape index (κ3) is 4.54. The molecule has 1 fully saturated rings. The number of carbonyl (C=O) groups is 2. The normalized spacial score (nSPS) is 15.3. The van der Waals surface area contributed by atoms with E-state index in [2.05, 4.69) is 22.8 Å². The van der Waals surface area contributed by atoms with Crippen molar-refractivity contribution < 1.29 is 24.2 Å². The Morgan fingerprint density at radius 1 is 0.848 bits per heavy atom. The van der Waals surface area contributed by atoms with Crippen molar-refractivity contribution in [3.63, 3.8) is 0 Å². The fourth-order valence-electron chi connectivity index (χ4n) is 4.33. The number of amides is 1. The zero-order valence-electron chi connectivity index (χ0n) is 18.0. The number of hydrogen-bond acceptors (Lipinski definition) is 5. The van der Waals surface area contributed by atoms with E-state index >= 15 is 0 Å². The molecular formula is C26H24N2O5.